The number of nitrogens with one attached hydrogen (secondary N) is 1. The number of aliphatic hydroxyl groups is 1. The molecular weight excluding hydrogens is 435 g/mol. The first-order chi connectivity index (χ1) is 15.9. The van der Waals surface area contributed by atoms with Gasteiger partial charge in [-0.3, -0.25) is 14.7 Å². The molecule has 2 aliphatic heterocycles. The molecule has 1 aromatic carbocycles. The van der Waals surface area contributed by atoms with Crippen LogP contribution in [-0.2, 0) is 16.1 Å². The molecule has 0 saturated carbocycles. The quantitative estimate of drug-likeness (QED) is 0.629. The van der Waals surface area contributed by atoms with Gasteiger partial charge in [0.25, 0.3) is 5.91 Å². The fraction of sp³-hybridized carbons (Fsp3) is 0.500. The van der Waals surface area contributed by atoms with E-state index in [0.29, 0.717) is 11.0 Å². The zero-order valence-electron chi connectivity index (χ0n) is 18.2. The number of amides is 1. The highest BCUT2D eigenvalue weighted by atomic mass is 19.3. The fourth-order valence-electron chi connectivity index (χ4n) is 4.54. The molecule has 2 aromatic rings. The molecule has 2 saturated heterocycles. The first-order valence-corrected chi connectivity index (χ1v) is 11.1. The van der Waals surface area contributed by atoms with E-state index in [0.717, 1.165) is 49.7 Å². The van der Waals surface area contributed by atoms with Gasteiger partial charge in [-0.15, -0.1) is 0 Å². The number of carbonyl (C=O) groups is 1. The Morgan fingerprint density at radius 1 is 1.18 bits per heavy atom. The number of pyridine rings is 1. The van der Waals surface area contributed by atoms with Gasteiger partial charge in [0.2, 0.25) is 0 Å². The second-order valence-electron chi connectivity index (χ2n) is 8.98. The van der Waals surface area contributed by atoms with E-state index in [4.69, 9.17) is 4.74 Å². The van der Waals surface area contributed by atoms with Crippen LogP contribution in [0.4, 0.5) is 13.2 Å². The van der Waals surface area contributed by atoms with Crippen molar-refractivity contribution in [1.29, 1.82) is 0 Å². The third-order valence-corrected chi connectivity index (χ3v) is 6.43. The number of piperidine rings is 1. The largest absolute Gasteiger partial charge is 0.386 e. The normalized spacial score (nSPS) is 19.8. The van der Waals surface area contributed by atoms with Gasteiger partial charge in [0.05, 0.1) is 24.9 Å². The van der Waals surface area contributed by atoms with Gasteiger partial charge in [-0.2, -0.15) is 8.78 Å². The Labute approximate surface area is 190 Å². The van der Waals surface area contributed by atoms with Crippen LogP contribution in [-0.4, -0.2) is 66.3 Å². The van der Waals surface area contributed by atoms with Gasteiger partial charge >= 0.3 is 6.43 Å². The number of nitrogens with zero attached hydrogens (tertiary/aromatic N) is 2. The zero-order chi connectivity index (χ0) is 23.4. The molecule has 178 valence electrons. The van der Waals surface area contributed by atoms with Crippen LogP contribution < -0.4 is 5.32 Å². The summed E-state index contributed by atoms with van der Waals surface area (Å²) in [4.78, 5) is 18.2. The average Bonchev–Trinajstić information content (AvgIpc) is 2.81. The smallest absolute Gasteiger partial charge is 0.315 e. The maximum atomic E-state index is 13.2. The van der Waals surface area contributed by atoms with Gasteiger partial charge in [0, 0.05) is 30.3 Å². The van der Waals surface area contributed by atoms with Crippen molar-refractivity contribution in [3.63, 3.8) is 0 Å². The molecule has 0 radical (unpaired) electrons. The SMILES string of the molecule is O=C(N[C@H](CF)[C@H](O)c1ccc(-c2ccc(CN3CCCC4(COC4)C3)nc2)cc1)C(F)F. The van der Waals surface area contributed by atoms with E-state index in [1.807, 2.05) is 17.4 Å². The van der Waals surface area contributed by atoms with Crippen LogP contribution in [0, 0.1) is 5.41 Å². The van der Waals surface area contributed by atoms with Crippen molar-refractivity contribution >= 4 is 5.91 Å². The lowest BCUT2D eigenvalue weighted by Crippen LogP contribution is -2.53. The molecule has 4 rings (SSSR count). The van der Waals surface area contributed by atoms with Crippen molar-refractivity contribution in [3.8, 4) is 11.1 Å². The highest BCUT2D eigenvalue weighted by Crippen LogP contribution is 2.37. The molecule has 0 bridgehead atoms. The number of carbonyl (C=O) groups excluding carboxylic acids is 1. The van der Waals surface area contributed by atoms with Gasteiger partial charge in [-0.1, -0.05) is 30.3 Å². The highest BCUT2D eigenvalue weighted by molar-refractivity contribution is 5.79. The van der Waals surface area contributed by atoms with Gasteiger partial charge in [0.15, 0.2) is 0 Å². The van der Waals surface area contributed by atoms with E-state index < -0.39 is 31.2 Å². The summed E-state index contributed by atoms with van der Waals surface area (Å²) in [7, 11) is 0. The van der Waals surface area contributed by atoms with Gasteiger partial charge in [0.1, 0.15) is 12.8 Å². The maximum absolute atomic E-state index is 13.2. The van der Waals surface area contributed by atoms with Crippen LogP contribution in [0.3, 0.4) is 0 Å². The third-order valence-electron chi connectivity index (χ3n) is 6.43. The van der Waals surface area contributed by atoms with Gasteiger partial charge < -0.3 is 15.2 Å². The van der Waals surface area contributed by atoms with E-state index in [-0.39, 0.29) is 0 Å². The number of hydrogen-bond acceptors (Lipinski definition) is 5. The molecule has 2 atom stereocenters. The van der Waals surface area contributed by atoms with E-state index in [9.17, 15) is 23.1 Å². The molecule has 33 heavy (non-hydrogen) atoms. The lowest BCUT2D eigenvalue weighted by molar-refractivity contribution is -0.145. The monoisotopic (exact) mass is 463 g/mol. The zero-order valence-corrected chi connectivity index (χ0v) is 18.2. The minimum Gasteiger partial charge on any atom is -0.386 e. The number of ether oxygens (including phenoxy) is 1. The average molecular weight is 464 g/mol. The second-order valence-corrected chi connectivity index (χ2v) is 8.98. The van der Waals surface area contributed by atoms with Crippen LogP contribution >= 0.6 is 0 Å². The minimum atomic E-state index is -3.27. The Hall–Kier alpha value is -2.49. The lowest BCUT2D eigenvalue weighted by Gasteiger charge is -2.48. The number of rotatable bonds is 8. The van der Waals surface area contributed by atoms with Crippen LogP contribution in [0.25, 0.3) is 11.1 Å². The van der Waals surface area contributed by atoms with Crippen LogP contribution in [0.5, 0.6) is 0 Å². The van der Waals surface area contributed by atoms with Gasteiger partial charge in [-0.05, 0) is 36.6 Å². The summed E-state index contributed by atoms with van der Waals surface area (Å²) in [6.07, 6.45) is -0.520. The van der Waals surface area contributed by atoms with Gasteiger partial charge in [-0.25, -0.2) is 4.39 Å². The van der Waals surface area contributed by atoms with Crippen LogP contribution in [0.2, 0.25) is 0 Å². The Bertz CT molecular complexity index is 936. The number of benzene rings is 1. The number of halogens is 3. The molecule has 1 aromatic heterocycles. The maximum Gasteiger partial charge on any atom is 0.315 e. The van der Waals surface area contributed by atoms with Crippen molar-refractivity contribution in [2.75, 3.05) is 33.0 Å². The van der Waals surface area contributed by atoms with Crippen molar-refractivity contribution in [2.45, 2.75) is 38.0 Å². The molecule has 2 aliphatic rings. The van der Waals surface area contributed by atoms with Crippen molar-refractivity contribution < 1.29 is 27.8 Å². The van der Waals surface area contributed by atoms with E-state index >= 15 is 0 Å². The number of aromatic nitrogens is 1. The van der Waals surface area contributed by atoms with Crippen molar-refractivity contribution in [1.82, 2.24) is 15.2 Å². The molecule has 9 heteroatoms. The molecule has 0 unspecified atom stereocenters. The van der Waals surface area contributed by atoms with E-state index in [2.05, 4.69) is 9.88 Å². The van der Waals surface area contributed by atoms with Crippen LogP contribution in [0.15, 0.2) is 42.6 Å². The van der Waals surface area contributed by atoms with Crippen LogP contribution in [0.1, 0.15) is 30.2 Å². The lowest BCUT2D eigenvalue weighted by atomic mass is 9.78. The first kappa shape index (κ1) is 23.7. The van der Waals surface area contributed by atoms with Crippen molar-refractivity contribution in [3.05, 3.63) is 53.9 Å². The molecule has 1 amide bonds. The summed E-state index contributed by atoms with van der Waals surface area (Å²) in [6.45, 7) is 3.43. The molecule has 1 spiro atoms. The third kappa shape index (κ3) is 5.54. The summed E-state index contributed by atoms with van der Waals surface area (Å²) in [5, 5.41) is 12.1. The number of likely N-dealkylation sites (tertiary alicyclic amines) is 1. The topological polar surface area (TPSA) is 74.7 Å². The summed E-state index contributed by atoms with van der Waals surface area (Å²) in [5.41, 5.74) is 3.37. The molecule has 6 nitrogen and oxygen atoms in total. The Balaban J connectivity index is 1.37. The summed E-state index contributed by atoms with van der Waals surface area (Å²) < 4.78 is 43.4. The molecular formula is C24H28F3N3O3. The Morgan fingerprint density at radius 2 is 1.91 bits per heavy atom. The molecule has 0 aliphatic carbocycles. The molecule has 2 N–H and O–H groups in total. The summed E-state index contributed by atoms with van der Waals surface area (Å²) >= 11 is 0. The Morgan fingerprint density at radius 3 is 2.48 bits per heavy atom. The molecule has 2 fully saturated rings. The first-order valence-electron chi connectivity index (χ1n) is 11.1. The molecule has 3 heterocycles. The number of alkyl halides is 3. The Kier molecular flexibility index (Phi) is 7.31. The van der Waals surface area contributed by atoms with E-state index in [1.165, 1.54) is 12.8 Å². The number of aliphatic hydroxyl groups excluding tert-OH is 1. The predicted molar refractivity (Wildman–Crippen MR) is 116 cm³/mol. The second kappa shape index (κ2) is 10.2. The minimum absolute atomic E-state index is 0.319. The standard InChI is InChI=1S/C24H28F3N3O3/c25-10-20(29-23(32)22(26)27)21(31)17-4-2-16(3-5-17)18-6-7-19(28-11-18)12-30-9-1-8-24(13-30)14-33-15-24/h2-7,11,20-22,31H,1,8-10,12-15H2,(H,29,32)/t20-,21-/m1/s1. The summed E-state index contributed by atoms with van der Waals surface area (Å²) in [6, 6.07) is 9.18. The van der Waals surface area contributed by atoms with E-state index in [1.54, 1.807) is 30.5 Å². The number of hydrogen-bond donors (Lipinski definition) is 2. The predicted octanol–water partition coefficient (Wildman–Crippen LogP) is 3.11. The highest BCUT2D eigenvalue weighted by Gasteiger charge is 2.41. The fourth-order valence-corrected chi connectivity index (χ4v) is 4.54. The van der Waals surface area contributed by atoms with Crippen molar-refractivity contribution in [2.24, 2.45) is 5.41 Å². The summed E-state index contributed by atoms with van der Waals surface area (Å²) in [5.74, 6) is -1.61.